The molecular formula is C12H15N3O. The first-order valence-corrected chi connectivity index (χ1v) is 5.14. The van der Waals surface area contributed by atoms with Crippen molar-refractivity contribution in [2.45, 2.75) is 13.1 Å². The van der Waals surface area contributed by atoms with Gasteiger partial charge >= 0.3 is 0 Å². The molecule has 0 aliphatic rings. The van der Waals surface area contributed by atoms with Crippen LogP contribution in [0.25, 0.3) is 0 Å². The maximum atomic E-state index is 5.70. The van der Waals surface area contributed by atoms with E-state index in [9.17, 15) is 0 Å². The van der Waals surface area contributed by atoms with E-state index in [4.69, 9.17) is 10.2 Å². The minimum absolute atomic E-state index is 0.752. The Bertz CT molecular complexity index is 439. The Kier molecular flexibility index (Phi) is 3.22. The number of nitrogens with two attached hydrogens (primary N) is 1. The standard InChI is InChI=1S/C12H15N3O/c1-15(7-10-3-5-16-9-10)8-12-6-11(13)2-4-14-12/h2-6,9H,7-8H2,1H3,(H2,13,14). The van der Waals surface area contributed by atoms with Gasteiger partial charge in [-0.2, -0.15) is 0 Å². The van der Waals surface area contributed by atoms with Crippen molar-refractivity contribution in [3.8, 4) is 0 Å². The van der Waals surface area contributed by atoms with Crippen LogP contribution in [0.4, 0.5) is 5.69 Å². The normalized spacial score (nSPS) is 10.9. The Balaban J connectivity index is 1.94. The molecule has 4 nitrogen and oxygen atoms in total. The Labute approximate surface area is 94.7 Å². The molecule has 84 valence electrons. The van der Waals surface area contributed by atoms with Crippen molar-refractivity contribution in [2.75, 3.05) is 12.8 Å². The second kappa shape index (κ2) is 4.81. The number of pyridine rings is 1. The van der Waals surface area contributed by atoms with Crippen molar-refractivity contribution < 1.29 is 4.42 Å². The highest BCUT2D eigenvalue weighted by Crippen LogP contribution is 2.09. The molecule has 0 saturated carbocycles. The van der Waals surface area contributed by atoms with Gasteiger partial charge in [-0.1, -0.05) is 0 Å². The van der Waals surface area contributed by atoms with Crippen molar-refractivity contribution in [2.24, 2.45) is 0 Å². The first-order chi connectivity index (χ1) is 7.74. The smallest absolute Gasteiger partial charge is 0.0947 e. The quantitative estimate of drug-likeness (QED) is 0.849. The van der Waals surface area contributed by atoms with Crippen LogP contribution < -0.4 is 5.73 Å². The lowest BCUT2D eigenvalue weighted by Crippen LogP contribution is -2.17. The molecule has 0 aliphatic heterocycles. The molecule has 0 bridgehead atoms. The Hall–Kier alpha value is -1.81. The fourth-order valence-corrected chi connectivity index (χ4v) is 1.61. The first kappa shape index (κ1) is 10.7. The van der Waals surface area contributed by atoms with Gasteiger partial charge < -0.3 is 10.2 Å². The third-order valence-corrected chi connectivity index (χ3v) is 2.31. The minimum Gasteiger partial charge on any atom is -0.472 e. The van der Waals surface area contributed by atoms with E-state index < -0.39 is 0 Å². The summed E-state index contributed by atoms with van der Waals surface area (Å²) in [5, 5.41) is 0. The lowest BCUT2D eigenvalue weighted by molar-refractivity contribution is 0.314. The molecule has 16 heavy (non-hydrogen) atoms. The highest BCUT2D eigenvalue weighted by molar-refractivity contribution is 5.37. The third kappa shape index (κ3) is 2.84. The van der Waals surface area contributed by atoms with Crippen LogP contribution in [0, 0.1) is 0 Å². The topological polar surface area (TPSA) is 55.3 Å². The molecule has 2 aromatic rings. The van der Waals surface area contributed by atoms with E-state index in [1.165, 1.54) is 0 Å². The van der Waals surface area contributed by atoms with E-state index in [1.54, 1.807) is 24.8 Å². The summed E-state index contributed by atoms with van der Waals surface area (Å²) in [5.41, 5.74) is 8.58. The summed E-state index contributed by atoms with van der Waals surface area (Å²) in [4.78, 5) is 6.42. The summed E-state index contributed by atoms with van der Waals surface area (Å²) in [6.07, 6.45) is 5.17. The summed E-state index contributed by atoms with van der Waals surface area (Å²) in [5.74, 6) is 0. The lowest BCUT2D eigenvalue weighted by atomic mass is 10.3. The number of anilines is 1. The van der Waals surface area contributed by atoms with E-state index >= 15 is 0 Å². The van der Waals surface area contributed by atoms with Gasteiger partial charge in [0.1, 0.15) is 0 Å². The molecule has 2 heterocycles. The second-order valence-electron chi connectivity index (χ2n) is 3.88. The van der Waals surface area contributed by atoms with Crippen molar-refractivity contribution in [1.29, 1.82) is 0 Å². The Morgan fingerprint density at radius 3 is 2.94 bits per heavy atom. The minimum atomic E-state index is 0.752. The van der Waals surface area contributed by atoms with Gasteiger partial charge in [0, 0.05) is 30.5 Å². The number of hydrogen-bond donors (Lipinski definition) is 1. The van der Waals surface area contributed by atoms with Crippen LogP contribution in [0.1, 0.15) is 11.3 Å². The predicted molar refractivity (Wildman–Crippen MR) is 62.5 cm³/mol. The monoisotopic (exact) mass is 217 g/mol. The summed E-state index contributed by atoms with van der Waals surface area (Å²) in [7, 11) is 2.04. The van der Waals surface area contributed by atoms with Gasteiger partial charge in [0.25, 0.3) is 0 Å². The van der Waals surface area contributed by atoms with Crippen LogP contribution in [0.2, 0.25) is 0 Å². The van der Waals surface area contributed by atoms with Gasteiger partial charge in [0.15, 0.2) is 0 Å². The SMILES string of the molecule is CN(Cc1ccoc1)Cc1cc(N)ccn1. The Morgan fingerprint density at radius 1 is 1.38 bits per heavy atom. The molecule has 0 radical (unpaired) electrons. The highest BCUT2D eigenvalue weighted by Gasteiger charge is 2.03. The number of aromatic nitrogens is 1. The molecule has 0 unspecified atom stereocenters. The van der Waals surface area contributed by atoms with Crippen molar-refractivity contribution >= 4 is 5.69 Å². The maximum absolute atomic E-state index is 5.70. The molecule has 0 atom stereocenters. The highest BCUT2D eigenvalue weighted by atomic mass is 16.3. The summed E-state index contributed by atoms with van der Waals surface area (Å²) >= 11 is 0. The van der Waals surface area contributed by atoms with E-state index in [2.05, 4.69) is 9.88 Å². The maximum Gasteiger partial charge on any atom is 0.0947 e. The van der Waals surface area contributed by atoms with Crippen LogP contribution in [0.3, 0.4) is 0 Å². The van der Waals surface area contributed by atoms with E-state index in [0.29, 0.717) is 0 Å². The largest absolute Gasteiger partial charge is 0.472 e. The fourth-order valence-electron chi connectivity index (χ4n) is 1.61. The molecule has 0 aromatic carbocycles. The number of rotatable bonds is 4. The zero-order valence-corrected chi connectivity index (χ0v) is 9.26. The first-order valence-electron chi connectivity index (χ1n) is 5.14. The zero-order chi connectivity index (χ0) is 11.4. The number of furan rings is 1. The molecule has 0 fully saturated rings. The molecule has 2 aromatic heterocycles. The zero-order valence-electron chi connectivity index (χ0n) is 9.26. The summed E-state index contributed by atoms with van der Waals surface area (Å²) < 4.78 is 5.02. The molecule has 4 heteroatoms. The fraction of sp³-hybridized carbons (Fsp3) is 0.250. The predicted octanol–water partition coefficient (Wildman–Crippen LogP) is 1.89. The number of nitrogen functional groups attached to an aromatic ring is 1. The van der Waals surface area contributed by atoms with Gasteiger partial charge in [-0.25, -0.2) is 0 Å². The molecule has 0 saturated heterocycles. The van der Waals surface area contributed by atoms with Gasteiger partial charge in [-0.15, -0.1) is 0 Å². The number of hydrogen-bond acceptors (Lipinski definition) is 4. The van der Waals surface area contributed by atoms with Gasteiger partial charge in [-0.05, 0) is 25.2 Å². The summed E-state index contributed by atoms with van der Waals surface area (Å²) in [6, 6.07) is 5.65. The van der Waals surface area contributed by atoms with Crippen LogP contribution in [0.5, 0.6) is 0 Å². The van der Waals surface area contributed by atoms with Gasteiger partial charge in [-0.3, -0.25) is 9.88 Å². The van der Waals surface area contributed by atoms with Crippen molar-refractivity contribution in [3.63, 3.8) is 0 Å². The van der Waals surface area contributed by atoms with Gasteiger partial charge in [0.2, 0.25) is 0 Å². The molecule has 0 aliphatic carbocycles. The molecule has 2 rings (SSSR count). The molecule has 2 N–H and O–H groups in total. The van der Waals surface area contributed by atoms with Crippen LogP contribution >= 0.6 is 0 Å². The van der Waals surface area contributed by atoms with Crippen LogP contribution in [-0.2, 0) is 13.1 Å². The molecular weight excluding hydrogens is 202 g/mol. The van der Waals surface area contributed by atoms with Gasteiger partial charge in [0.05, 0.1) is 18.2 Å². The average molecular weight is 217 g/mol. The molecule has 0 amide bonds. The Morgan fingerprint density at radius 2 is 2.25 bits per heavy atom. The summed E-state index contributed by atoms with van der Waals surface area (Å²) in [6.45, 7) is 1.61. The van der Waals surface area contributed by atoms with E-state index in [1.807, 2.05) is 19.2 Å². The number of nitrogens with zero attached hydrogens (tertiary/aromatic N) is 2. The van der Waals surface area contributed by atoms with Crippen LogP contribution in [-0.4, -0.2) is 16.9 Å². The van der Waals surface area contributed by atoms with E-state index in [0.717, 1.165) is 30.0 Å². The molecule has 0 spiro atoms. The average Bonchev–Trinajstić information content (AvgIpc) is 2.70. The third-order valence-electron chi connectivity index (χ3n) is 2.31. The lowest BCUT2D eigenvalue weighted by Gasteiger charge is -2.14. The van der Waals surface area contributed by atoms with Crippen LogP contribution in [0.15, 0.2) is 41.3 Å². The second-order valence-corrected chi connectivity index (χ2v) is 3.88. The van der Waals surface area contributed by atoms with Crippen molar-refractivity contribution in [3.05, 3.63) is 48.2 Å². The van der Waals surface area contributed by atoms with E-state index in [-0.39, 0.29) is 0 Å². The van der Waals surface area contributed by atoms with Crippen molar-refractivity contribution in [1.82, 2.24) is 9.88 Å².